The summed E-state index contributed by atoms with van der Waals surface area (Å²) in [5.41, 5.74) is 23.9. The van der Waals surface area contributed by atoms with E-state index in [0.717, 1.165) is 67.5 Å². The minimum atomic E-state index is -0.00986. The van der Waals surface area contributed by atoms with Gasteiger partial charge in [-0.3, -0.25) is 4.68 Å². The zero-order valence-corrected chi connectivity index (χ0v) is 22.7. The number of nitrogens with zero attached hydrogens (tertiary/aromatic N) is 3. The van der Waals surface area contributed by atoms with Crippen molar-refractivity contribution in [1.29, 1.82) is 0 Å². The lowest BCUT2D eigenvalue weighted by molar-refractivity contribution is -0.0353. The third kappa shape index (κ3) is 4.27. The molecule has 3 heterocycles. The molecule has 4 aromatic rings. The Morgan fingerprint density at radius 2 is 1.77 bits per heavy atom. The van der Waals surface area contributed by atoms with Crippen LogP contribution in [0.15, 0.2) is 73.1 Å². The first-order valence-electron chi connectivity index (χ1n) is 14.3. The van der Waals surface area contributed by atoms with Gasteiger partial charge in [-0.25, -0.2) is 4.98 Å². The molecule has 2 unspecified atom stereocenters. The van der Waals surface area contributed by atoms with Gasteiger partial charge in [-0.1, -0.05) is 42.5 Å². The Hall–Kier alpha value is -4.04. The predicted molar refractivity (Wildman–Crippen MR) is 158 cm³/mol. The Kier molecular flexibility index (Phi) is 5.96. The van der Waals surface area contributed by atoms with E-state index in [1.54, 1.807) is 0 Å². The summed E-state index contributed by atoms with van der Waals surface area (Å²) < 4.78 is 8.91. The number of fused-ring (bicyclic) bond motifs is 6. The third-order valence-electron chi connectivity index (χ3n) is 9.67. The van der Waals surface area contributed by atoms with Crippen molar-refractivity contribution in [3.05, 3.63) is 95.3 Å². The van der Waals surface area contributed by atoms with Crippen molar-refractivity contribution in [3.63, 3.8) is 0 Å². The molecule has 7 bridgehead atoms. The van der Waals surface area contributed by atoms with E-state index in [4.69, 9.17) is 27.0 Å². The first kappa shape index (κ1) is 25.0. The zero-order valence-electron chi connectivity index (χ0n) is 22.7. The molecule has 8 rings (SSSR count). The first-order chi connectivity index (χ1) is 19.4. The minimum Gasteiger partial charge on any atom is -0.489 e. The maximum absolute atomic E-state index is 6.94. The van der Waals surface area contributed by atoms with Crippen molar-refractivity contribution >= 4 is 17.3 Å². The van der Waals surface area contributed by atoms with Crippen LogP contribution in [-0.2, 0) is 12.0 Å². The fourth-order valence-electron chi connectivity index (χ4n) is 7.50. The summed E-state index contributed by atoms with van der Waals surface area (Å²) in [5.74, 6) is 1.57. The summed E-state index contributed by atoms with van der Waals surface area (Å²) in [5, 5.41) is 8.73. The Labute approximate surface area is 234 Å². The summed E-state index contributed by atoms with van der Waals surface area (Å²) in [6.07, 6.45) is 10.4. The number of anilines is 3. The number of benzene rings is 2. The van der Waals surface area contributed by atoms with E-state index >= 15 is 0 Å². The molecule has 8 heteroatoms. The van der Waals surface area contributed by atoms with Crippen LogP contribution < -0.4 is 27.3 Å². The van der Waals surface area contributed by atoms with Crippen LogP contribution in [0.3, 0.4) is 0 Å². The van der Waals surface area contributed by atoms with E-state index in [1.807, 2.05) is 16.9 Å². The number of nitrogens with two attached hydrogens (primary N) is 3. The number of hydrogen-bond acceptors (Lipinski definition) is 7. The number of ether oxygens (including phenoxy) is 1. The van der Waals surface area contributed by atoms with Crippen LogP contribution in [0.4, 0.5) is 17.3 Å². The fraction of sp³-hybridized carbons (Fsp3) is 0.375. The largest absolute Gasteiger partial charge is 0.489 e. The summed E-state index contributed by atoms with van der Waals surface area (Å²) in [6, 6.07) is 21.3. The first-order valence-corrected chi connectivity index (χ1v) is 14.3. The summed E-state index contributed by atoms with van der Waals surface area (Å²) in [4.78, 5) is 4.18. The summed E-state index contributed by atoms with van der Waals surface area (Å²) in [7, 11) is 0. The van der Waals surface area contributed by atoms with Gasteiger partial charge >= 0.3 is 0 Å². The van der Waals surface area contributed by atoms with E-state index < -0.39 is 0 Å². The number of aromatic nitrogens is 3. The number of rotatable bonds is 2. The van der Waals surface area contributed by atoms with Gasteiger partial charge in [0.2, 0.25) is 0 Å². The number of nitrogens with one attached hydrogen (secondary N) is 1. The van der Waals surface area contributed by atoms with Crippen molar-refractivity contribution < 1.29 is 4.74 Å². The van der Waals surface area contributed by atoms with Gasteiger partial charge < -0.3 is 27.3 Å². The maximum Gasteiger partial charge on any atom is 0.149 e. The Morgan fingerprint density at radius 1 is 0.950 bits per heavy atom. The monoisotopic (exact) mass is 535 g/mol. The van der Waals surface area contributed by atoms with E-state index in [2.05, 4.69) is 71.1 Å². The third-order valence-corrected chi connectivity index (χ3v) is 9.67. The van der Waals surface area contributed by atoms with Crippen LogP contribution in [0.25, 0.3) is 0 Å². The van der Waals surface area contributed by atoms with Crippen LogP contribution in [0, 0.1) is 0 Å². The van der Waals surface area contributed by atoms with Crippen LogP contribution in [-0.4, -0.2) is 33.0 Å². The standard InChI is InChI=1S/C32H37N7O/c33-28-16-26(29(34)30(35)38-28)25-9-14-36-31-10-12-32(13-11-31,23-6-2-1-3-7-23)27(17-31)40-24-8-4-5-21(15-24)19-39-20-22(25)18-37-39/h1-8,15-16,18,20,25,27,36H,9-14,17,19,34H2,(H4,33,35,38). The van der Waals surface area contributed by atoms with Gasteiger partial charge in [-0.15, -0.1) is 0 Å². The molecule has 0 amide bonds. The van der Waals surface area contributed by atoms with E-state index in [0.29, 0.717) is 18.1 Å². The second-order valence-electron chi connectivity index (χ2n) is 11.9. The fourth-order valence-corrected chi connectivity index (χ4v) is 7.50. The van der Waals surface area contributed by atoms with Crippen molar-refractivity contribution in [3.8, 4) is 5.75 Å². The van der Waals surface area contributed by atoms with Crippen molar-refractivity contribution in [2.75, 3.05) is 23.7 Å². The molecule has 2 aromatic heterocycles. The van der Waals surface area contributed by atoms with Gasteiger partial charge in [-0.05, 0) is 79.1 Å². The highest BCUT2D eigenvalue weighted by Crippen LogP contribution is 2.55. The van der Waals surface area contributed by atoms with Gasteiger partial charge in [0.1, 0.15) is 23.5 Å². The van der Waals surface area contributed by atoms with Crippen LogP contribution in [0.2, 0.25) is 0 Å². The zero-order chi connectivity index (χ0) is 27.3. The average Bonchev–Trinajstić information content (AvgIpc) is 3.42. The topological polar surface area (TPSA) is 130 Å². The molecule has 1 aliphatic heterocycles. The predicted octanol–water partition coefficient (Wildman–Crippen LogP) is 4.60. The number of pyridine rings is 1. The molecule has 3 aliphatic carbocycles. The van der Waals surface area contributed by atoms with Gasteiger partial charge in [0.15, 0.2) is 0 Å². The number of nitrogen functional groups attached to an aromatic ring is 3. The highest BCUT2D eigenvalue weighted by atomic mass is 16.5. The van der Waals surface area contributed by atoms with Crippen LogP contribution in [0.5, 0.6) is 5.75 Å². The molecule has 2 atom stereocenters. The molecule has 2 aromatic carbocycles. The molecule has 40 heavy (non-hydrogen) atoms. The lowest BCUT2D eigenvalue weighted by Crippen LogP contribution is -2.64. The van der Waals surface area contributed by atoms with Crippen LogP contribution in [0.1, 0.15) is 66.7 Å². The van der Waals surface area contributed by atoms with E-state index in [1.165, 1.54) is 5.56 Å². The molecule has 3 fully saturated rings. The normalized spacial score (nSPS) is 27.8. The molecule has 0 radical (unpaired) electrons. The lowest BCUT2D eigenvalue weighted by atomic mass is 9.53. The molecule has 206 valence electrons. The molecule has 7 N–H and O–H groups in total. The Bertz CT molecular complexity index is 1520. The van der Waals surface area contributed by atoms with Gasteiger partial charge in [0, 0.05) is 29.5 Å². The highest BCUT2D eigenvalue weighted by Gasteiger charge is 2.56. The quantitative estimate of drug-likeness (QED) is 0.295. The van der Waals surface area contributed by atoms with E-state index in [-0.39, 0.29) is 28.8 Å². The molecule has 0 saturated heterocycles. The number of hydrogen-bond donors (Lipinski definition) is 4. The molecule has 3 saturated carbocycles. The maximum atomic E-state index is 6.94. The SMILES string of the molecule is Nc1cc(C2CCNC34CCC(c5ccccc5)(CC3)C(C4)Oc3cccc(c3)Cn3cc2cn3)c(N)c(N)n1. The smallest absolute Gasteiger partial charge is 0.149 e. The average molecular weight is 536 g/mol. The van der Waals surface area contributed by atoms with Crippen molar-refractivity contribution in [2.24, 2.45) is 0 Å². The van der Waals surface area contributed by atoms with Crippen molar-refractivity contribution in [1.82, 2.24) is 20.1 Å². The second-order valence-corrected chi connectivity index (χ2v) is 11.9. The summed E-state index contributed by atoms with van der Waals surface area (Å²) >= 11 is 0. The second kappa shape index (κ2) is 9.55. The van der Waals surface area contributed by atoms with E-state index in [9.17, 15) is 0 Å². The van der Waals surface area contributed by atoms with Crippen molar-refractivity contribution in [2.45, 2.75) is 68.0 Å². The molecule has 8 nitrogen and oxygen atoms in total. The van der Waals surface area contributed by atoms with Gasteiger partial charge in [0.05, 0.1) is 18.4 Å². The van der Waals surface area contributed by atoms with Crippen LogP contribution >= 0.6 is 0 Å². The molecular formula is C32H37N7O. The minimum absolute atomic E-state index is 0.00986. The Morgan fingerprint density at radius 3 is 2.60 bits per heavy atom. The Balaban J connectivity index is 1.29. The summed E-state index contributed by atoms with van der Waals surface area (Å²) in [6.45, 7) is 1.48. The lowest BCUT2D eigenvalue weighted by Gasteiger charge is -2.58. The molecule has 4 aliphatic rings. The molecular weight excluding hydrogens is 498 g/mol. The van der Waals surface area contributed by atoms with Gasteiger partial charge in [0.25, 0.3) is 0 Å². The van der Waals surface area contributed by atoms with Gasteiger partial charge in [-0.2, -0.15) is 5.10 Å². The highest BCUT2D eigenvalue weighted by molar-refractivity contribution is 5.68. The molecule has 1 spiro atoms.